The molecule has 26 heavy (non-hydrogen) atoms. The van der Waals surface area contributed by atoms with Crippen LogP contribution < -0.4 is 4.90 Å². The van der Waals surface area contributed by atoms with Gasteiger partial charge in [-0.1, -0.05) is 24.3 Å². The number of benzene rings is 1. The number of nitrogens with zero attached hydrogens (tertiary/aromatic N) is 6. The fourth-order valence-corrected chi connectivity index (χ4v) is 4.55. The van der Waals surface area contributed by atoms with Gasteiger partial charge in [-0.05, 0) is 30.4 Å². The summed E-state index contributed by atoms with van der Waals surface area (Å²) in [6.45, 7) is 4.15. The number of piperazine rings is 1. The maximum Gasteiger partial charge on any atom is 0.163 e. The Bertz CT molecular complexity index is 925. The van der Waals surface area contributed by atoms with Crippen LogP contribution in [0.5, 0.6) is 0 Å². The first kappa shape index (κ1) is 15.8. The molecule has 0 amide bonds. The van der Waals surface area contributed by atoms with Crippen LogP contribution in [0.3, 0.4) is 0 Å². The summed E-state index contributed by atoms with van der Waals surface area (Å²) in [5.41, 5.74) is 3.99. The van der Waals surface area contributed by atoms with Gasteiger partial charge >= 0.3 is 0 Å². The van der Waals surface area contributed by atoms with Gasteiger partial charge in [-0.15, -0.1) is 0 Å². The molecule has 0 N–H and O–H groups in total. The lowest BCUT2D eigenvalue weighted by Crippen LogP contribution is -2.48. The van der Waals surface area contributed by atoms with Crippen LogP contribution >= 0.6 is 0 Å². The van der Waals surface area contributed by atoms with Crippen molar-refractivity contribution in [2.24, 2.45) is 7.05 Å². The fourth-order valence-electron chi connectivity index (χ4n) is 4.55. The van der Waals surface area contributed by atoms with Gasteiger partial charge in [-0.25, -0.2) is 9.97 Å². The molecule has 0 spiro atoms. The van der Waals surface area contributed by atoms with Crippen LogP contribution in [-0.4, -0.2) is 50.8 Å². The molecular formula is C20H24N6. The monoisotopic (exact) mass is 348 g/mol. The minimum Gasteiger partial charge on any atom is -0.353 e. The molecule has 1 fully saturated rings. The van der Waals surface area contributed by atoms with Crippen molar-refractivity contribution < 1.29 is 0 Å². The quantitative estimate of drug-likeness (QED) is 0.712. The summed E-state index contributed by atoms with van der Waals surface area (Å²) < 4.78 is 1.82. The fraction of sp³-hybridized carbons (Fsp3) is 0.450. The lowest BCUT2D eigenvalue weighted by molar-refractivity contribution is 0.168. The van der Waals surface area contributed by atoms with Gasteiger partial charge in [0, 0.05) is 39.3 Å². The summed E-state index contributed by atoms with van der Waals surface area (Å²) in [6.07, 6.45) is 7.34. The highest BCUT2D eigenvalue weighted by atomic mass is 15.3. The number of anilines is 1. The zero-order valence-corrected chi connectivity index (χ0v) is 15.2. The van der Waals surface area contributed by atoms with Crippen molar-refractivity contribution in [2.75, 3.05) is 31.1 Å². The molecule has 0 bridgehead atoms. The second-order valence-corrected chi connectivity index (χ2v) is 7.33. The molecule has 1 unspecified atom stereocenters. The van der Waals surface area contributed by atoms with Crippen LogP contribution in [0, 0.1) is 0 Å². The zero-order valence-electron chi connectivity index (χ0n) is 15.2. The zero-order chi connectivity index (χ0) is 17.5. The van der Waals surface area contributed by atoms with E-state index in [1.807, 2.05) is 17.9 Å². The minimum absolute atomic E-state index is 0.575. The van der Waals surface area contributed by atoms with Crippen LogP contribution in [0.4, 0.5) is 5.82 Å². The molecule has 1 aliphatic carbocycles. The van der Waals surface area contributed by atoms with E-state index in [4.69, 9.17) is 0 Å². The molecule has 1 atom stereocenters. The Labute approximate surface area is 153 Å². The van der Waals surface area contributed by atoms with Gasteiger partial charge in [-0.3, -0.25) is 9.58 Å². The van der Waals surface area contributed by atoms with E-state index >= 15 is 0 Å². The van der Waals surface area contributed by atoms with Crippen molar-refractivity contribution in [3.63, 3.8) is 0 Å². The summed E-state index contributed by atoms with van der Waals surface area (Å²) in [7, 11) is 1.93. The molecule has 0 radical (unpaired) electrons. The van der Waals surface area contributed by atoms with E-state index in [2.05, 4.69) is 49.1 Å². The molecular weight excluding hydrogens is 324 g/mol. The standard InChI is InChI=1S/C20H24N6/c1-24-19-17(13-23-24)20(22-14-21-19)26-11-9-25(10-12-26)18-8-4-6-15-5-2-3-7-16(15)18/h2-3,5,7,13-14,18H,4,6,8-12H2,1H3. The Kier molecular flexibility index (Phi) is 3.85. The largest absolute Gasteiger partial charge is 0.353 e. The normalized spacial score (nSPS) is 21.1. The molecule has 1 aliphatic heterocycles. The first-order chi connectivity index (χ1) is 12.8. The van der Waals surface area contributed by atoms with Gasteiger partial charge in [-0.2, -0.15) is 5.10 Å². The number of aryl methyl sites for hydroxylation is 2. The minimum atomic E-state index is 0.575. The van der Waals surface area contributed by atoms with Crippen molar-refractivity contribution in [2.45, 2.75) is 25.3 Å². The average Bonchev–Trinajstić information content (AvgIpc) is 3.09. The van der Waals surface area contributed by atoms with Crippen molar-refractivity contribution in [3.8, 4) is 0 Å². The molecule has 0 saturated carbocycles. The van der Waals surface area contributed by atoms with Gasteiger partial charge in [0.25, 0.3) is 0 Å². The van der Waals surface area contributed by atoms with Gasteiger partial charge in [0.1, 0.15) is 12.1 Å². The molecule has 134 valence electrons. The topological polar surface area (TPSA) is 50.1 Å². The Balaban J connectivity index is 1.35. The van der Waals surface area contributed by atoms with Crippen LogP contribution in [0.25, 0.3) is 11.0 Å². The van der Waals surface area contributed by atoms with Crippen LogP contribution in [0.15, 0.2) is 36.8 Å². The van der Waals surface area contributed by atoms with E-state index in [0.717, 1.165) is 43.0 Å². The number of aromatic nitrogens is 4. The predicted molar refractivity (Wildman–Crippen MR) is 102 cm³/mol. The van der Waals surface area contributed by atoms with Crippen molar-refractivity contribution in [1.82, 2.24) is 24.6 Å². The van der Waals surface area contributed by atoms with Gasteiger partial charge < -0.3 is 4.90 Å². The molecule has 2 aliphatic rings. The summed E-state index contributed by atoms with van der Waals surface area (Å²) in [5, 5.41) is 5.39. The van der Waals surface area contributed by atoms with Crippen LogP contribution in [0.1, 0.15) is 30.0 Å². The van der Waals surface area contributed by atoms with E-state index in [1.165, 1.54) is 19.3 Å². The van der Waals surface area contributed by atoms with E-state index in [9.17, 15) is 0 Å². The Hall–Kier alpha value is -2.47. The maximum absolute atomic E-state index is 4.56. The molecule has 6 heteroatoms. The van der Waals surface area contributed by atoms with Crippen LogP contribution in [0.2, 0.25) is 0 Å². The highest BCUT2D eigenvalue weighted by Gasteiger charge is 2.29. The van der Waals surface area contributed by atoms with E-state index in [0.29, 0.717) is 6.04 Å². The first-order valence-electron chi connectivity index (χ1n) is 9.51. The maximum atomic E-state index is 4.56. The van der Waals surface area contributed by atoms with Gasteiger partial charge in [0.2, 0.25) is 0 Å². The Morgan fingerprint density at radius 2 is 1.88 bits per heavy atom. The average molecular weight is 348 g/mol. The van der Waals surface area contributed by atoms with E-state index in [-0.39, 0.29) is 0 Å². The lowest BCUT2D eigenvalue weighted by atomic mass is 9.86. The molecule has 3 aromatic rings. The second-order valence-electron chi connectivity index (χ2n) is 7.33. The predicted octanol–water partition coefficient (Wildman–Crippen LogP) is 2.56. The number of hydrogen-bond acceptors (Lipinski definition) is 5. The molecule has 6 nitrogen and oxygen atoms in total. The first-order valence-corrected chi connectivity index (χ1v) is 9.51. The van der Waals surface area contributed by atoms with Gasteiger partial charge in [0.15, 0.2) is 5.65 Å². The second kappa shape index (κ2) is 6.36. The van der Waals surface area contributed by atoms with E-state index < -0.39 is 0 Å². The van der Waals surface area contributed by atoms with E-state index in [1.54, 1.807) is 17.5 Å². The number of rotatable bonds is 2. The van der Waals surface area contributed by atoms with Gasteiger partial charge in [0.05, 0.1) is 11.6 Å². The Morgan fingerprint density at radius 3 is 2.77 bits per heavy atom. The SMILES string of the molecule is Cn1ncc2c(N3CCN(C4CCCc5ccccc54)CC3)ncnc21. The molecule has 2 aromatic heterocycles. The third-order valence-corrected chi connectivity index (χ3v) is 5.90. The Morgan fingerprint density at radius 1 is 1.04 bits per heavy atom. The number of fused-ring (bicyclic) bond motifs is 2. The highest BCUT2D eigenvalue weighted by molar-refractivity contribution is 5.86. The summed E-state index contributed by atoms with van der Waals surface area (Å²) >= 11 is 0. The summed E-state index contributed by atoms with van der Waals surface area (Å²) in [4.78, 5) is 14.0. The smallest absolute Gasteiger partial charge is 0.163 e. The molecule has 1 aromatic carbocycles. The van der Waals surface area contributed by atoms with Crippen molar-refractivity contribution in [1.29, 1.82) is 0 Å². The van der Waals surface area contributed by atoms with Crippen molar-refractivity contribution in [3.05, 3.63) is 47.9 Å². The number of hydrogen-bond donors (Lipinski definition) is 0. The molecule has 1 saturated heterocycles. The van der Waals surface area contributed by atoms with Crippen molar-refractivity contribution >= 4 is 16.9 Å². The van der Waals surface area contributed by atoms with Crippen LogP contribution in [-0.2, 0) is 13.5 Å². The summed E-state index contributed by atoms with van der Waals surface area (Å²) in [6, 6.07) is 9.57. The third-order valence-electron chi connectivity index (χ3n) is 5.90. The lowest BCUT2D eigenvalue weighted by Gasteiger charge is -2.42. The summed E-state index contributed by atoms with van der Waals surface area (Å²) in [5.74, 6) is 1.02. The third kappa shape index (κ3) is 2.56. The molecule has 3 heterocycles. The highest BCUT2D eigenvalue weighted by Crippen LogP contribution is 2.35. The molecule has 5 rings (SSSR count).